The number of methoxy groups -OCH3 is 1. The maximum atomic E-state index is 12.6. The van der Waals surface area contributed by atoms with Gasteiger partial charge in [0, 0.05) is 5.69 Å². The highest BCUT2D eigenvalue weighted by atomic mass is 35.5. The van der Waals surface area contributed by atoms with Crippen LogP contribution in [-0.4, -0.2) is 40.1 Å². The third kappa shape index (κ3) is 6.68. The van der Waals surface area contributed by atoms with Gasteiger partial charge in [-0.1, -0.05) is 25.4 Å². The first kappa shape index (κ1) is 25.1. The Morgan fingerprint density at radius 3 is 2.34 bits per heavy atom. The maximum absolute atomic E-state index is 12.6. The molecule has 0 saturated carbocycles. The SMILES string of the molecule is COc1ccc(S(=O)(=O)N[C@H](C(=O)OCC(=O)Nc2ccc(C#N)c(Cl)c2)C(C)C)cc1. The zero-order valence-corrected chi connectivity index (χ0v) is 19.2. The molecule has 0 heterocycles. The van der Waals surface area contributed by atoms with E-state index in [2.05, 4.69) is 10.0 Å². The van der Waals surface area contributed by atoms with Crippen LogP contribution in [0.5, 0.6) is 5.75 Å². The summed E-state index contributed by atoms with van der Waals surface area (Å²) in [6, 6.07) is 10.7. The summed E-state index contributed by atoms with van der Waals surface area (Å²) in [5.41, 5.74) is 0.565. The second-order valence-corrected chi connectivity index (χ2v) is 9.10. The fraction of sp³-hybridized carbons (Fsp3) is 0.286. The first-order valence-corrected chi connectivity index (χ1v) is 11.3. The van der Waals surface area contributed by atoms with Gasteiger partial charge < -0.3 is 14.8 Å². The molecule has 0 fully saturated rings. The molecule has 0 saturated heterocycles. The zero-order valence-electron chi connectivity index (χ0n) is 17.6. The highest BCUT2D eigenvalue weighted by molar-refractivity contribution is 7.89. The third-order valence-electron chi connectivity index (χ3n) is 4.29. The topological polar surface area (TPSA) is 135 Å². The molecule has 0 spiro atoms. The van der Waals surface area contributed by atoms with Crippen LogP contribution in [0.4, 0.5) is 5.69 Å². The second-order valence-electron chi connectivity index (χ2n) is 6.98. The average Bonchev–Trinajstić information content (AvgIpc) is 2.76. The van der Waals surface area contributed by atoms with Crippen LogP contribution >= 0.6 is 11.6 Å². The number of nitrogens with one attached hydrogen (secondary N) is 2. The van der Waals surface area contributed by atoms with Crippen LogP contribution in [-0.2, 0) is 24.3 Å². The summed E-state index contributed by atoms with van der Waals surface area (Å²) in [5.74, 6) is -1.51. The first-order valence-electron chi connectivity index (χ1n) is 9.40. The number of benzene rings is 2. The van der Waals surface area contributed by atoms with Crippen molar-refractivity contribution in [3.05, 3.63) is 53.1 Å². The molecule has 0 radical (unpaired) electrons. The van der Waals surface area contributed by atoms with Crippen LogP contribution in [0.15, 0.2) is 47.4 Å². The van der Waals surface area contributed by atoms with Gasteiger partial charge in [-0.05, 0) is 48.4 Å². The molecule has 9 nitrogen and oxygen atoms in total. The normalized spacial score (nSPS) is 12.0. The summed E-state index contributed by atoms with van der Waals surface area (Å²) in [6.45, 7) is 2.65. The van der Waals surface area contributed by atoms with E-state index in [1.54, 1.807) is 13.8 Å². The number of nitriles is 1. The lowest BCUT2D eigenvalue weighted by molar-refractivity contribution is -0.150. The fourth-order valence-electron chi connectivity index (χ4n) is 2.55. The van der Waals surface area contributed by atoms with E-state index in [1.165, 1.54) is 49.6 Å². The van der Waals surface area contributed by atoms with E-state index < -0.39 is 40.5 Å². The molecule has 2 aromatic carbocycles. The molecule has 32 heavy (non-hydrogen) atoms. The summed E-state index contributed by atoms with van der Waals surface area (Å²) in [7, 11) is -2.56. The molecule has 170 valence electrons. The molecule has 2 N–H and O–H groups in total. The number of anilines is 1. The van der Waals surface area contributed by atoms with Crippen molar-refractivity contribution in [2.45, 2.75) is 24.8 Å². The van der Waals surface area contributed by atoms with Crippen molar-refractivity contribution in [1.29, 1.82) is 5.26 Å². The number of rotatable bonds is 9. The van der Waals surface area contributed by atoms with Gasteiger partial charge in [-0.2, -0.15) is 9.98 Å². The van der Waals surface area contributed by atoms with Crippen molar-refractivity contribution < 1.29 is 27.5 Å². The van der Waals surface area contributed by atoms with Gasteiger partial charge in [-0.3, -0.25) is 9.59 Å². The Hall–Kier alpha value is -3.13. The maximum Gasteiger partial charge on any atom is 0.324 e. The number of halogens is 1. The van der Waals surface area contributed by atoms with Gasteiger partial charge in [-0.25, -0.2) is 8.42 Å². The van der Waals surface area contributed by atoms with Crippen LogP contribution in [0.3, 0.4) is 0 Å². The van der Waals surface area contributed by atoms with E-state index in [1.807, 2.05) is 6.07 Å². The molecule has 0 aliphatic carbocycles. The molecule has 2 aromatic rings. The highest BCUT2D eigenvalue weighted by Crippen LogP contribution is 2.20. The third-order valence-corrected chi connectivity index (χ3v) is 6.06. The monoisotopic (exact) mass is 479 g/mol. The van der Waals surface area contributed by atoms with Crippen LogP contribution in [0.2, 0.25) is 5.02 Å². The van der Waals surface area contributed by atoms with Crippen LogP contribution in [0, 0.1) is 17.2 Å². The summed E-state index contributed by atoms with van der Waals surface area (Å²) >= 11 is 5.91. The lowest BCUT2D eigenvalue weighted by atomic mass is 10.1. The van der Waals surface area contributed by atoms with E-state index >= 15 is 0 Å². The average molecular weight is 480 g/mol. The zero-order chi connectivity index (χ0) is 23.9. The Morgan fingerprint density at radius 2 is 1.81 bits per heavy atom. The molecule has 1 amide bonds. The number of carbonyl (C=O) groups excluding carboxylic acids is 2. The number of ether oxygens (including phenoxy) is 2. The number of nitrogens with zero attached hydrogens (tertiary/aromatic N) is 1. The van der Waals surface area contributed by atoms with Crippen LogP contribution < -0.4 is 14.8 Å². The Balaban J connectivity index is 2.01. The predicted octanol–water partition coefficient (Wildman–Crippen LogP) is 2.71. The number of esters is 1. The molecule has 0 aromatic heterocycles. The second kappa shape index (κ2) is 10.9. The van der Waals surface area contributed by atoms with E-state index in [0.717, 1.165) is 0 Å². The molecule has 0 unspecified atom stereocenters. The first-order chi connectivity index (χ1) is 15.1. The summed E-state index contributed by atoms with van der Waals surface area (Å²) in [4.78, 5) is 24.5. The van der Waals surface area contributed by atoms with Gasteiger partial charge in [0.15, 0.2) is 6.61 Å². The van der Waals surface area contributed by atoms with Crippen molar-refractivity contribution in [1.82, 2.24) is 4.72 Å². The fourth-order valence-corrected chi connectivity index (χ4v) is 4.11. The van der Waals surface area contributed by atoms with Gasteiger partial charge in [0.25, 0.3) is 5.91 Å². The van der Waals surface area contributed by atoms with Gasteiger partial charge in [0.1, 0.15) is 17.9 Å². The minimum absolute atomic E-state index is 0.0489. The quantitative estimate of drug-likeness (QED) is 0.528. The largest absolute Gasteiger partial charge is 0.497 e. The molecule has 2 rings (SSSR count). The van der Waals surface area contributed by atoms with Gasteiger partial charge in [0.2, 0.25) is 10.0 Å². The van der Waals surface area contributed by atoms with Gasteiger partial charge in [-0.15, -0.1) is 0 Å². The summed E-state index contributed by atoms with van der Waals surface area (Å²) < 4.78 is 37.6. The molecule has 0 aliphatic heterocycles. The molecule has 1 atom stereocenters. The van der Waals surface area contributed by atoms with Crippen molar-refractivity contribution in [2.75, 3.05) is 19.0 Å². The highest BCUT2D eigenvalue weighted by Gasteiger charge is 2.30. The van der Waals surface area contributed by atoms with Gasteiger partial charge in [0.05, 0.1) is 22.6 Å². The van der Waals surface area contributed by atoms with Crippen molar-refractivity contribution in [3.8, 4) is 11.8 Å². The van der Waals surface area contributed by atoms with Crippen molar-refractivity contribution in [2.24, 2.45) is 5.92 Å². The smallest absolute Gasteiger partial charge is 0.324 e. The Labute approximate surface area is 191 Å². The lowest BCUT2D eigenvalue weighted by Gasteiger charge is -2.20. The number of carbonyl (C=O) groups is 2. The molecule has 0 bridgehead atoms. The molecular formula is C21H22ClN3O6S. The standard InChI is InChI=1S/C21H22ClN3O6S/c1-13(2)20(25-32(28,29)17-8-6-16(30-3)7-9-17)21(27)31-12-19(26)24-15-5-4-14(11-23)18(22)10-15/h4-10,13,20,25H,12H2,1-3H3,(H,24,26)/t20-/m0/s1. The summed E-state index contributed by atoms with van der Waals surface area (Å²) in [5, 5.41) is 11.5. The Morgan fingerprint density at radius 1 is 1.16 bits per heavy atom. The van der Waals surface area contributed by atoms with Crippen molar-refractivity contribution >= 4 is 39.2 Å². The van der Waals surface area contributed by atoms with Gasteiger partial charge >= 0.3 is 5.97 Å². The molecule has 11 heteroatoms. The number of amides is 1. The number of hydrogen-bond acceptors (Lipinski definition) is 7. The lowest BCUT2D eigenvalue weighted by Crippen LogP contribution is -2.45. The van der Waals surface area contributed by atoms with Crippen LogP contribution in [0.25, 0.3) is 0 Å². The van der Waals surface area contributed by atoms with Crippen LogP contribution in [0.1, 0.15) is 19.4 Å². The Bertz CT molecular complexity index is 1130. The summed E-state index contributed by atoms with van der Waals surface area (Å²) in [6.07, 6.45) is 0. The predicted molar refractivity (Wildman–Crippen MR) is 118 cm³/mol. The number of sulfonamides is 1. The van der Waals surface area contributed by atoms with E-state index in [4.69, 9.17) is 26.3 Å². The van der Waals surface area contributed by atoms with Crippen molar-refractivity contribution in [3.63, 3.8) is 0 Å². The molecular weight excluding hydrogens is 458 g/mol. The van der Waals surface area contributed by atoms with E-state index in [9.17, 15) is 18.0 Å². The minimum atomic E-state index is -4.02. The Kier molecular flexibility index (Phi) is 8.60. The van der Waals surface area contributed by atoms with E-state index in [0.29, 0.717) is 11.4 Å². The van der Waals surface area contributed by atoms with E-state index in [-0.39, 0.29) is 15.5 Å². The molecule has 0 aliphatic rings. The minimum Gasteiger partial charge on any atom is -0.497 e. The number of hydrogen-bond donors (Lipinski definition) is 2.